The first-order chi connectivity index (χ1) is 6.27. The van der Waals surface area contributed by atoms with E-state index < -0.39 is 0 Å². The Kier molecular flexibility index (Phi) is 4.18. The topological polar surface area (TPSA) is 55.6 Å². The van der Waals surface area contributed by atoms with Crippen LogP contribution in [0.1, 0.15) is 13.3 Å². The lowest BCUT2D eigenvalue weighted by atomic mass is 10.1. The van der Waals surface area contributed by atoms with Crippen LogP contribution < -0.4 is 5.73 Å². The second kappa shape index (κ2) is 5.19. The summed E-state index contributed by atoms with van der Waals surface area (Å²) in [7, 11) is 0. The van der Waals surface area contributed by atoms with E-state index in [1.54, 1.807) is 4.90 Å². The highest BCUT2D eigenvalue weighted by atomic mass is 16.5. The lowest BCUT2D eigenvalue weighted by Gasteiger charge is -2.22. The number of carbonyl (C=O) groups excluding carboxylic acids is 1. The molecule has 1 amide bonds. The number of amides is 1. The summed E-state index contributed by atoms with van der Waals surface area (Å²) in [6.45, 7) is 5.25. The Hall–Kier alpha value is -0.610. The Balaban J connectivity index is 2.33. The van der Waals surface area contributed by atoms with Crippen molar-refractivity contribution in [3.8, 4) is 0 Å². The van der Waals surface area contributed by atoms with Gasteiger partial charge >= 0.3 is 0 Å². The zero-order chi connectivity index (χ0) is 9.68. The summed E-state index contributed by atoms with van der Waals surface area (Å²) in [5, 5.41) is 0. The molecule has 0 aromatic heterocycles. The molecule has 1 rings (SSSR count). The Morgan fingerprint density at radius 2 is 2.46 bits per heavy atom. The second-order valence-electron chi connectivity index (χ2n) is 3.37. The summed E-state index contributed by atoms with van der Waals surface area (Å²) in [6, 6.07) is 0. The minimum atomic E-state index is 0.0365. The molecule has 0 spiro atoms. The lowest BCUT2D eigenvalue weighted by Crippen LogP contribution is -2.39. The number of hydrogen-bond acceptors (Lipinski definition) is 3. The van der Waals surface area contributed by atoms with Crippen molar-refractivity contribution in [2.45, 2.75) is 13.3 Å². The Labute approximate surface area is 79.0 Å². The molecule has 0 aliphatic carbocycles. The van der Waals surface area contributed by atoms with Crippen molar-refractivity contribution < 1.29 is 9.53 Å². The zero-order valence-electron chi connectivity index (χ0n) is 8.16. The van der Waals surface area contributed by atoms with Gasteiger partial charge in [-0.15, -0.1) is 0 Å². The molecule has 1 aliphatic rings. The quantitative estimate of drug-likeness (QED) is 0.663. The van der Waals surface area contributed by atoms with Crippen LogP contribution in [0.5, 0.6) is 0 Å². The predicted molar refractivity (Wildman–Crippen MR) is 50.2 cm³/mol. The third kappa shape index (κ3) is 2.97. The summed E-state index contributed by atoms with van der Waals surface area (Å²) in [5.41, 5.74) is 5.30. The van der Waals surface area contributed by atoms with Gasteiger partial charge in [0.2, 0.25) is 5.91 Å². The molecule has 1 atom stereocenters. The molecule has 1 saturated heterocycles. The molecule has 4 heteroatoms. The van der Waals surface area contributed by atoms with E-state index in [9.17, 15) is 4.79 Å². The standard InChI is InChI=1S/C9H18N2O2/c1-2-11(9(12)5-10)6-8-3-4-13-7-8/h8H,2-7,10H2,1H3. The first kappa shape index (κ1) is 10.5. The summed E-state index contributed by atoms with van der Waals surface area (Å²) < 4.78 is 5.25. The minimum absolute atomic E-state index is 0.0365. The summed E-state index contributed by atoms with van der Waals surface area (Å²) in [5.74, 6) is 0.546. The fourth-order valence-corrected chi connectivity index (χ4v) is 1.58. The van der Waals surface area contributed by atoms with Crippen molar-refractivity contribution in [2.24, 2.45) is 11.7 Å². The molecule has 0 aromatic rings. The van der Waals surface area contributed by atoms with E-state index in [2.05, 4.69) is 0 Å². The van der Waals surface area contributed by atoms with Crippen LogP contribution in [0.4, 0.5) is 0 Å². The number of likely N-dealkylation sites (N-methyl/N-ethyl adjacent to an activating group) is 1. The van der Waals surface area contributed by atoms with Gasteiger partial charge in [0.1, 0.15) is 0 Å². The number of ether oxygens (including phenoxy) is 1. The molecule has 76 valence electrons. The summed E-state index contributed by atoms with van der Waals surface area (Å²) in [4.78, 5) is 13.1. The van der Waals surface area contributed by atoms with Crippen molar-refractivity contribution in [2.75, 3.05) is 32.8 Å². The van der Waals surface area contributed by atoms with Crippen LogP contribution in [0.15, 0.2) is 0 Å². The van der Waals surface area contributed by atoms with Gasteiger partial charge in [-0.05, 0) is 13.3 Å². The zero-order valence-corrected chi connectivity index (χ0v) is 8.16. The van der Waals surface area contributed by atoms with Crippen LogP contribution >= 0.6 is 0 Å². The van der Waals surface area contributed by atoms with Crippen molar-refractivity contribution in [1.29, 1.82) is 0 Å². The van der Waals surface area contributed by atoms with E-state index in [1.807, 2.05) is 6.92 Å². The highest BCUT2D eigenvalue weighted by molar-refractivity contribution is 5.77. The largest absolute Gasteiger partial charge is 0.381 e. The third-order valence-corrected chi connectivity index (χ3v) is 2.41. The molecule has 0 bridgehead atoms. The highest BCUT2D eigenvalue weighted by Crippen LogP contribution is 2.13. The molecule has 1 fully saturated rings. The maximum atomic E-state index is 11.3. The van der Waals surface area contributed by atoms with Gasteiger partial charge in [-0.1, -0.05) is 0 Å². The van der Waals surface area contributed by atoms with E-state index in [4.69, 9.17) is 10.5 Å². The van der Waals surface area contributed by atoms with Crippen LogP contribution in [-0.4, -0.2) is 43.7 Å². The van der Waals surface area contributed by atoms with E-state index in [0.717, 1.165) is 32.7 Å². The van der Waals surface area contributed by atoms with Gasteiger partial charge in [-0.2, -0.15) is 0 Å². The summed E-state index contributed by atoms with van der Waals surface area (Å²) >= 11 is 0. The smallest absolute Gasteiger partial charge is 0.236 e. The summed E-state index contributed by atoms with van der Waals surface area (Å²) in [6.07, 6.45) is 1.06. The molecule has 1 heterocycles. The van der Waals surface area contributed by atoms with Crippen molar-refractivity contribution in [1.82, 2.24) is 4.90 Å². The van der Waals surface area contributed by atoms with Gasteiger partial charge in [0, 0.05) is 25.6 Å². The monoisotopic (exact) mass is 186 g/mol. The van der Waals surface area contributed by atoms with Gasteiger partial charge in [0.05, 0.1) is 13.2 Å². The Morgan fingerprint density at radius 1 is 1.69 bits per heavy atom. The molecular weight excluding hydrogens is 168 g/mol. The molecule has 0 aromatic carbocycles. The number of carbonyl (C=O) groups is 1. The molecule has 2 N–H and O–H groups in total. The molecular formula is C9H18N2O2. The highest BCUT2D eigenvalue weighted by Gasteiger charge is 2.20. The number of rotatable bonds is 4. The van der Waals surface area contributed by atoms with Crippen LogP contribution in [0.3, 0.4) is 0 Å². The third-order valence-electron chi connectivity index (χ3n) is 2.41. The molecule has 0 saturated carbocycles. The second-order valence-corrected chi connectivity index (χ2v) is 3.37. The van der Waals surface area contributed by atoms with Crippen LogP contribution in [-0.2, 0) is 9.53 Å². The number of nitrogens with zero attached hydrogens (tertiary/aromatic N) is 1. The number of hydrogen-bond donors (Lipinski definition) is 1. The van der Waals surface area contributed by atoms with Crippen LogP contribution in [0, 0.1) is 5.92 Å². The van der Waals surface area contributed by atoms with Crippen molar-refractivity contribution in [3.05, 3.63) is 0 Å². The first-order valence-electron chi connectivity index (χ1n) is 4.83. The van der Waals surface area contributed by atoms with Gasteiger partial charge in [0.15, 0.2) is 0 Å². The van der Waals surface area contributed by atoms with E-state index >= 15 is 0 Å². The number of nitrogens with two attached hydrogens (primary N) is 1. The fourth-order valence-electron chi connectivity index (χ4n) is 1.58. The van der Waals surface area contributed by atoms with Crippen molar-refractivity contribution >= 4 is 5.91 Å². The van der Waals surface area contributed by atoms with E-state index in [1.165, 1.54) is 0 Å². The van der Waals surface area contributed by atoms with Crippen LogP contribution in [0.2, 0.25) is 0 Å². The molecule has 13 heavy (non-hydrogen) atoms. The van der Waals surface area contributed by atoms with E-state index in [-0.39, 0.29) is 12.5 Å². The maximum Gasteiger partial charge on any atom is 0.236 e. The molecule has 0 radical (unpaired) electrons. The molecule has 1 unspecified atom stereocenters. The maximum absolute atomic E-state index is 11.3. The predicted octanol–water partition coefficient (Wildman–Crippen LogP) is -0.170. The minimum Gasteiger partial charge on any atom is -0.381 e. The van der Waals surface area contributed by atoms with E-state index in [0.29, 0.717) is 5.92 Å². The average Bonchev–Trinajstić information content (AvgIpc) is 2.65. The van der Waals surface area contributed by atoms with Gasteiger partial charge in [0.25, 0.3) is 0 Å². The lowest BCUT2D eigenvalue weighted by molar-refractivity contribution is -0.130. The fraction of sp³-hybridized carbons (Fsp3) is 0.889. The molecule has 1 aliphatic heterocycles. The molecule has 4 nitrogen and oxygen atoms in total. The van der Waals surface area contributed by atoms with Crippen LogP contribution in [0.25, 0.3) is 0 Å². The Morgan fingerprint density at radius 3 is 2.92 bits per heavy atom. The van der Waals surface area contributed by atoms with Gasteiger partial charge in [-0.25, -0.2) is 0 Å². The first-order valence-corrected chi connectivity index (χ1v) is 4.83. The van der Waals surface area contributed by atoms with Gasteiger partial charge in [-0.3, -0.25) is 4.79 Å². The van der Waals surface area contributed by atoms with Crippen molar-refractivity contribution in [3.63, 3.8) is 0 Å². The normalized spacial score (nSPS) is 21.8. The SMILES string of the molecule is CCN(CC1CCOC1)C(=O)CN. The average molecular weight is 186 g/mol. The Bertz CT molecular complexity index is 167. The van der Waals surface area contributed by atoms with Gasteiger partial charge < -0.3 is 15.4 Å².